The molecule has 23 heavy (non-hydrogen) atoms. The van der Waals surface area contributed by atoms with E-state index in [4.69, 9.17) is 4.74 Å². The maximum absolute atomic E-state index is 11.6. The maximum atomic E-state index is 11.6. The van der Waals surface area contributed by atoms with E-state index < -0.39 is 0 Å². The summed E-state index contributed by atoms with van der Waals surface area (Å²) in [5, 5.41) is 9.22. The number of rotatable bonds is 9. The van der Waals surface area contributed by atoms with Crippen LogP contribution >= 0.6 is 24.0 Å². The van der Waals surface area contributed by atoms with Crippen LogP contribution in [-0.4, -0.2) is 51.3 Å². The lowest BCUT2D eigenvalue weighted by Crippen LogP contribution is -2.40. The quantitative estimate of drug-likeness (QED) is 0.291. The molecule has 0 aliphatic carbocycles. The van der Waals surface area contributed by atoms with Crippen molar-refractivity contribution in [1.82, 2.24) is 16.0 Å². The van der Waals surface area contributed by atoms with Crippen molar-refractivity contribution in [1.29, 1.82) is 0 Å². The second-order valence-corrected chi connectivity index (χ2v) is 6.34. The number of guanidine groups is 1. The van der Waals surface area contributed by atoms with Crippen molar-refractivity contribution in [2.45, 2.75) is 53.6 Å². The van der Waals surface area contributed by atoms with E-state index in [1.807, 2.05) is 13.8 Å². The van der Waals surface area contributed by atoms with Gasteiger partial charge in [-0.1, -0.05) is 27.7 Å². The van der Waals surface area contributed by atoms with Gasteiger partial charge in [0.05, 0.1) is 12.6 Å². The largest absolute Gasteiger partial charge is 0.379 e. The van der Waals surface area contributed by atoms with E-state index in [0.29, 0.717) is 19.5 Å². The first-order valence-corrected chi connectivity index (χ1v) is 8.16. The highest BCUT2D eigenvalue weighted by Gasteiger charge is 2.24. The number of carbonyl (C=O) groups excluding carboxylic acids is 1. The lowest BCUT2D eigenvalue weighted by molar-refractivity contribution is -0.120. The first-order valence-electron chi connectivity index (χ1n) is 8.16. The van der Waals surface area contributed by atoms with Crippen molar-refractivity contribution in [3.05, 3.63) is 0 Å². The number of hydrogen-bond acceptors (Lipinski definition) is 3. The van der Waals surface area contributed by atoms with Crippen LogP contribution in [0, 0.1) is 5.41 Å². The SMILES string of the molecule is CCCNC(=O)CCNC(=NCC(OC)C(C)(C)C)NCC.I. The highest BCUT2D eigenvalue weighted by molar-refractivity contribution is 14.0. The van der Waals surface area contributed by atoms with Gasteiger partial charge in [0.1, 0.15) is 0 Å². The van der Waals surface area contributed by atoms with E-state index in [2.05, 4.69) is 41.7 Å². The van der Waals surface area contributed by atoms with E-state index in [1.54, 1.807) is 7.11 Å². The van der Waals surface area contributed by atoms with Gasteiger partial charge in [-0.2, -0.15) is 0 Å². The smallest absolute Gasteiger partial charge is 0.221 e. The number of halogens is 1. The Labute approximate surface area is 158 Å². The highest BCUT2D eigenvalue weighted by atomic mass is 127. The predicted octanol–water partition coefficient (Wildman–Crippen LogP) is 2.14. The van der Waals surface area contributed by atoms with Crippen LogP contribution in [0.5, 0.6) is 0 Å². The molecule has 1 amide bonds. The summed E-state index contributed by atoms with van der Waals surface area (Å²) in [7, 11) is 1.71. The van der Waals surface area contributed by atoms with Crippen LogP contribution in [0.3, 0.4) is 0 Å². The number of carbonyl (C=O) groups is 1. The van der Waals surface area contributed by atoms with Gasteiger partial charge in [0.25, 0.3) is 0 Å². The molecule has 0 saturated carbocycles. The Hall–Kier alpha value is -0.570. The second-order valence-electron chi connectivity index (χ2n) is 6.34. The van der Waals surface area contributed by atoms with Crippen LogP contribution in [0.4, 0.5) is 0 Å². The van der Waals surface area contributed by atoms with Gasteiger partial charge >= 0.3 is 0 Å². The summed E-state index contributed by atoms with van der Waals surface area (Å²) in [4.78, 5) is 16.1. The minimum absolute atomic E-state index is 0. The molecule has 0 heterocycles. The molecular weight excluding hydrogens is 407 g/mol. The van der Waals surface area contributed by atoms with Crippen molar-refractivity contribution in [2.24, 2.45) is 10.4 Å². The Morgan fingerprint density at radius 2 is 1.78 bits per heavy atom. The predicted molar refractivity (Wildman–Crippen MR) is 108 cm³/mol. The van der Waals surface area contributed by atoms with Gasteiger partial charge in [-0.05, 0) is 18.8 Å². The molecular formula is C16H35IN4O2. The van der Waals surface area contributed by atoms with Gasteiger partial charge < -0.3 is 20.7 Å². The monoisotopic (exact) mass is 442 g/mol. The molecule has 0 aromatic rings. The first kappa shape index (κ1) is 24.7. The van der Waals surface area contributed by atoms with Gasteiger partial charge in [-0.15, -0.1) is 24.0 Å². The molecule has 6 nitrogen and oxygen atoms in total. The minimum Gasteiger partial charge on any atom is -0.379 e. The molecule has 0 spiro atoms. The number of aliphatic imine (C=N–C) groups is 1. The fraction of sp³-hybridized carbons (Fsp3) is 0.875. The van der Waals surface area contributed by atoms with Crippen LogP contribution in [0.25, 0.3) is 0 Å². The minimum atomic E-state index is 0. The number of amides is 1. The average molecular weight is 442 g/mol. The molecule has 1 atom stereocenters. The molecule has 3 N–H and O–H groups in total. The van der Waals surface area contributed by atoms with Gasteiger partial charge in [0.15, 0.2) is 5.96 Å². The summed E-state index contributed by atoms with van der Waals surface area (Å²) in [5.74, 6) is 0.784. The molecule has 0 aliphatic rings. The normalized spacial score (nSPS) is 13.0. The first-order chi connectivity index (χ1) is 10.3. The van der Waals surface area contributed by atoms with E-state index in [9.17, 15) is 4.79 Å². The molecule has 0 fully saturated rings. The van der Waals surface area contributed by atoms with E-state index in [0.717, 1.165) is 25.5 Å². The zero-order valence-corrected chi connectivity index (χ0v) is 17.8. The Kier molecular flexibility index (Phi) is 14.8. The Morgan fingerprint density at radius 1 is 1.13 bits per heavy atom. The second kappa shape index (κ2) is 13.8. The Balaban J connectivity index is 0. The third-order valence-corrected chi connectivity index (χ3v) is 3.23. The molecule has 0 saturated heterocycles. The topological polar surface area (TPSA) is 74.8 Å². The zero-order valence-electron chi connectivity index (χ0n) is 15.5. The lowest BCUT2D eigenvalue weighted by atomic mass is 9.89. The Morgan fingerprint density at radius 3 is 2.26 bits per heavy atom. The standard InChI is InChI=1S/C16H34N4O2.HI/c1-7-10-18-14(21)9-11-19-15(17-8-2)20-12-13(22-6)16(3,4)5;/h13H,7-12H2,1-6H3,(H,18,21)(H2,17,19,20);1H. The molecule has 0 aliphatic heterocycles. The van der Waals surface area contributed by atoms with Crippen molar-refractivity contribution < 1.29 is 9.53 Å². The number of hydrogen-bond donors (Lipinski definition) is 3. The number of ether oxygens (including phenoxy) is 1. The number of methoxy groups -OCH3 is 1. The van der Waals surface area contributed by atoms with Crippen molar-refractivity contribution >= 4 is 35.8 Å². The van der Waals surface area contributed by atoms with E-state index >= 15 is 0 Å². The van der Waals surface area contributed by atoms with Crippen LogP contribution < -0.4 is 16.0 Å². The summed E-state index contributed by atoms with van der Waals surface area (Å²) >= 11 is 0. The molecule has 0 radical (unpaired) electrons. The van der Waals surface area contributed by atoms with Crippen molar-refractivity contribution in [3.8, 4) is 0 Å². The van der Waals surface area contributed by atoms with Crippen LogP contribution in [-0.2, 0) is 9.53 Å². The lowest BCUT2D eigenvalue weighted by Gasteiger charge is -2.28. The molecule has 0 rings (SSSR count). The van der Waals surface area contributed by atoms with Crippen molar-refractivity contribution in [2.75, 3.05) is 33.3 Å². The average Bonchev–Trinajstić information content (AvgIpc) is 2.44. The number of nitrogens with one attached hydrogen (secondary N) is 3. The fourth-order valence-corrected chi connectivity index (χ4v) is 1.87. The molecule has 138 valence electrons. The molecule has 7 heteroatoms. The molecule has 0 bridgehead atoms. The van der Waals surface area contributed by atoms with Crippen LogP contribution in [0.2, 0.25) is 0 Å². The fourth-order valence-electron chi connectivity index (χ4n) is 1.87. The van der Waals surface area contributed by atoms with Crippen LogP contribution in [0.15, 0.2) is 4.99 Å². The molecule has 1 unspecified atom stereocenters. The van der Waals surface area contributed by atoms with Gasteiger partial charge in [0, 0.05) is 33.2 Å². The van der Waals surface area contributed by atoms with Crippen molar-refractivity contribution in [3.63, 3.8) is 0 Å². The summed E-state index contributed by atoms with van der Waals surface area (Å²) in [6, 6.07) is 0. The third-order valence-electron chi connectivity index (χ3n) is 3.23. The highest BCUT2D eigenvalue weighted by Crippen LogP contribution is 2.21. The van der Waals surface area contributed by atoms with Gasteiger partial charge in [0.2, 0.25) is 5.91 Å². The third kappa shape index (κ3) is 12.5. The summed E-state index contributed by atoms with van der Waals surface area (Å²) in [5.41, 5.74) is 0.0373. The maximum Gasteiger partial charge on any atom is 0.221 e. The van der Waals surface area contributed by atoms with Gasteiger partial charge in [-0.25, -0.2) is 0 Å². The Bertz CT molecular complexity index is 343. The van der Waals surface area contributed by atoms with Gasteiger partial charge in [-0.3, -0.25) is 9.79 Å². The van der Waals surface area contributed by atoms with E-state index in [1.165, 1.54) is 0 Å². The van der Waals surface area contributed by atoms with Crippen LogP contribution in [0.1, 0.15) is 47.5 Å². The summed E-state index contributed by atoms with van der Waals surface area (Å²) in [6.45, 7) is 13.1. The number of nitrogens with zero attached hydrogens (tertiary/aromatic N) is 1. The summed E-state index contributed by atoms with van der Waals surface area (Å²) < 4.78 is 5.50. The zero-order chi connectivity index (χ0) is 17.0. The summed E-state index contributed by atoms with van der Waals surface area (Å²) in [6.07, 6.45) is 1.45. The van der Waals surface area contributed by atoms with E-state index in [-0.39, 0.29) is 41.4 Å². The molecule has 0 aromatic carbocycles. The molecule has 0 aromatic heterocycles.